The van der Waals surface area contributed by atoms with Gasteiger partial charge in [-0.2, -0.15) is 0 Å². The summed E-state index contributed by atoms with van der Waals surface area (Å²) in [6, 6.07) is 27.9. The number of nitrogens with zero attached hydrogens (tertiary/aromatic N) is 2. The first kappa shape index (κ1) is 35.4. The number of hydrogen-bond acceptors (Lipinski definition) is 7. The molecule has 3 aliphatic heterocycles. The lowest BCUT2D eigenvalue weighted by molar-refractivity contribution is -0.150. The van der Waals surface area contributed by atoms with Gasteiger partial charge in [0.2, 0.25) is 5.91 Å². The molecule has 1 spiro atoms. The van der Waals surface area contributed by atoms with Crippen LogP contribution in [0.2, 0.25) is 18.6 Å². The fraction of sp³-hybridized carbons (Fsp3) is 0.341. The van der Waals surface area contributed by atoms with E-state index in [2.05, 4.69) is 43.5 Å². The Balaban J connectivity index is 1.28. The average molecular weight is 719 g/mol. The molecule has 4 aromatic rings. The lowest BCUT2D eigenvalue weighted by atomic mass is 9.82. The Hall–Kier alpha value is -4.97. The molecule has 0 aliphatic carbocycles. The van der Waals surface area contributed by atoms with Gasteiger partial charge in [0.15, 0.2) is 5.60 Å². The van der Waals surface area contributed by atoms with Crippen LogP contribution in [-0.2, 0) is 32.9 Å². The van der Waals surface area contributed by atoms with Gasteiger partial charge >= 0.3 is 0 Å². The maximum Gasteiger partial charge on any atom is 0.264 e. The third-order valence-corrected chi connectivity index (χ3v) is 16.0. The Morgan fingerprint density at radius 2 is 1.71 bits per heavy atom. The fourth-order valence-corrected chi connectivity index (χ4v) is 12.9. The van der Waals surface area contributed by atoms with E-state index in [9.17, 15) is 19.5 Å². The first-order chi connectivity index (χ1) is 24.9. The number of nitrogens with two attached hydrogens (primary N) is 1. The second-order valence-corrected chi connectivity index (χ2v) is 19.6. The van der Waals surface area contributed by atoms with Crippen molar-refractivity contribution in [3.05, 3.63) is 113 Å². The number of aliphatic hydroxyl groups excluding tert-OH is 1. The van der Waals surface area contributed by atoms with Gasteiger partial charge in [-0.05, 0) is 77.7 Å². The molecule has 11 heteroatoms. The summed E-state index contributed by atoms with van der Waals surface area (Å²) in [6.45, 7) is 6.87. The summed E-state index contributed by atoms with van der Waals surface area (Å²) in [5.74, 6) is -0.192. The highest BCUT2D eigenvalue weighted by Crippen LogP contribution is 2.60. The topological polar surface area (TPSA) is 134 Å². The Morgan fingerprint density at radius 3 is 2.38 bits per heavy atom. The van der Waals surface area contributed by atoms with Gasteiger partial charge in [0.1, 0.15) is 5.75 Å². The van der Waals surface area contributed by atoms with Gasteiger partial charge in [0.05, 0.1) is 46.0 Å². The Morgan fingerprint density at radius 1 is 1.02 bits per heavy atom. The van der Waals surface area contributed by atoms with Crippen molar-refractivity contribution in [1.29, 1.82) is 0 Å². The number of rotatable bonds is 8. The quantitative estimate of drug-likeness (QED) is 0.171. The second kappa shape index (κ2) is 13.5. The van der Waals surface area contributed by atoms with Gasteiger partial charge in [-0.15, -0.1) is 0 Å². The average Bonchev–Trinajstić information content (AvgIpc) is 3.56. The van der Waals surface area contributed by atoms with E-state index in [0.29, 0.717) is 41.2 Å². The minimum Gasteiger partial charge on any atom is -0.497 e. The van der Waals surface area contributed by atoms with Crippen LogP contribution in [-0.4, -0.2) is 68.7 Å². The normalized spacial score (nSPS) is 23.8. The zero-order valence-corrected chi connectivity index (χ0v) is 31.3. The number of likely N-dealkylation sites (N-methyl/N-ethyl adjacent to an activating group) is 1. The van der Waals surface area contributed by atoms with E-state index in [1.165, 1.54) is 0 Å². The van der Waals surface area contributed by atoms with Gasteiger partial charge in [-0.3, -0.25) is 14.4 Å². The third-order valence-electron chi connectivity index (χ3n) is 11.7. The molecule has 0 saturated carbocycles. The van der Waals surface area contributed by atoms with Crippen LogP contribution in [0.15, 0.2) is 91.0 Å². The highest BCUT2D eigenvalue weighted by atomic mass is 28.3. The van der Waals surface area contributed by atoms with E-state index < -0.39 is 19.8 Å². The molecule has 0 aromatic heterocycles. The van der Waals surface area contributed by atoms with Gasteiger partial charge in [0.25, 0.3) is 11.8 Å². The minimum absolute atomic E-state index is 0.0574. The zero-order chi connectivity index (χ0) is 36.9. The summed E-state index contributed by atoms with van der Waals surface area (Å²) in [5.41, 5.74) is 9.40. The Bertz CT molecular complexity index is 2020. The van der Waals surface area contributed by atoms with Crippen molar-refractivity contribution in [3.63, 3.8) is 0 Å². The smallest absolute Gasteiger partial charge is 0.264 e. The number of benzene rings is 4. The number of hydrogen-bond donors (Lipinski definition) is 3. The zero-order valence-electron chi connectivity index (χ0n) is 30.3. The number of carbonyl (C=O) groups excluding carboxylic acids is 3. The predicted octanol–water partition coefficient (Wildman–Crippen LogP) is 5.06. The van der Waals surface area contributed by atoms with Crippen LogP contribution in [0.5, 0.6) is 5.75 Å². The molecule has 0 radical (unpaired) electrons. The maximum atomic E-state index is 14.6. The number of fused-ring (bicyclic) bond motifs is 3. The number of amides is 3. The van der Waals surface area contributed by atoms with Crippen molar-refractivity contribution in [3.8, 4) is 5.75 Å². The lowest BCUT2D eigenvalue weighted by Crippen LogP contribution is -2.52. The van der Waals surface area contributed by atoms with E-state index in [4.69, 9.17) is 15.2 Å². The molecule has 0 unspecified atom stereocenters. The van der Waals surface area contributed by atoms with Crippen molar-refractivity contribution in [2.24, 2.45) is 5.92 Å². The van der Waals surface area contributed by atoms with Gasteiger partial charge in [-0.1, -0.05) is 61.6 Å². The maximum absolute atomic E-state index is 14.6. The van der Waals surface area contributed by atoms with Crippen LogP contribution in [0.1, 0.15) is 40.4 Å². The molecule has 4 N–H and O–H groups in total. The summed E-state index contributed by atoms with van der Waals surface area (Å²) >= 11 is 0. The fourth-order valence-electron chi connectivity index (χ4n) is 8.87. The summed E-state index contributed by atoms with van der Waals surface area (Å²) in [5, 5.41) is 14.6. The molecule has 1 fully saturated rings. The van der Waals surface area contributed by atoms with Crippen LogP contribution in [0.25, 0.3) is 0 Å². The summed E-state index contributed by atoms with van der Waals surface area (Å²) < 4.78 is 12.6. The molecule has 4 aromatic carbocycles. The molecule has 7 rings (SSSR count). The minimum atomic E-state index is -2.51. The number of methoxy groups -OCH3 is 1. The number of carbonyl (C=O) groups is 3. The molecule has 52 heavy (non-hydrogen) atoms. The first-order valence-corrected chi connectivity index (χ1v) is 20.9. The van der Waals surface area contributed by atoms with Gasteiger partial charge in [0, 0.05) is 42.0 Å². The van der Waals surface area contributed by atoms with Crippen molar-refractivity contribution < 1.29 is 29.0 Å². The van der Waals surface area contributed by atoms with Crippen LogP contribution in [0.4, 0.5) is 17.1 Å². The summed E-state index contributed by atoms with van der Waals surface area (Å²) in [6.07, 6.45) is 0.0301. The number of nitrogen functional groups attached to an aromatic ring is 1. The third kappa shape index (κ3) is 5.86. The van der Waals surface area contributed by atoms with Gasteiger partial charge in [-0.25, -0.2) is 0 Å². The molecule has 5 atom stereocenters. The van der Waals surface area contributed by atoms with Crippen LogP contribution in [0, 0.1) is 5.92 Å². The van der Waals surface area contributed by atoms with Crippen molar-refractivity contribution >= 4 is 48.0 Å². The van der Waals surface area contributed by atoms with E-state index in [1.807, 2.05) is 42.5 Å². The van der Waals surface area contributed by atoms with Crippen LogP contribution < -0.4 is 25.9 Å². The molecular formula is C41H46N4O6Si. The largest absolute Gasteiger partial charge is 0.497 e. The Kier molecular flexibility index (Phi) is 9.22. The number of nitrogens with one attached hydrogen (secondary N) is 1. The first-order valence-electron chi connectivity index (χ1n) is 17.8. The van der Waals surface area contributed by atoms with Crippen molar-refractivity contribution in [2.45, 2.75) is 62.7 Å². The number of ether oxygens (including phenoxy) is 2. The van der Waals surface area contributed by atoms with Crippen LogP contribution in [0.3, 0.4) is 0 Å². The molecule has 10 nitrogen and oxygen atoms in total. The second-order valence-electron chi connectivity index (χ2n) is 14.9. The highest BCUT2D eigenvalue weighted by Gasteiger charge is 2.66. The molecule has 0 bridgehead atoms. The molecule has 1 saturated heterocycles. The van der Waals surface area contributed by atoms with Crippen LogP contribution >= 0.6 is 0 Å². The SMILES string of the molecule is COc1ccc([Si](C)(C)[C@@H]2[C@@H](CC(=O)N3Cc4ccccc4C[C@H]3CO)O[C@]3(C(=O)N(C)c4ccc(NC(=O)c5ccc(N)cc5)cc43)[C@H]2C)cc1. The van der Waals surface area contributed by atoms with E-state index in [1.54, 1.807) is 54.3 Å². The molecule has 270 valence electrons. The highest BCUT2D eigenvalue weighted by molar-refractivity contribution is 6.91. The summed E-state index contributed by atoms with van der Waals surface area (Å²) in [4.78, 5) is 45.7. The molecule has 3 heterocycles. The van der Waals surface area contributed by atoms with Crippen molar-refractivity contribution in [2.75, 3.05) is 36.7 Å². The van der Waals surface area contributed by atoms with E-state index >= 15 is 0 Å². The number of anilines is 3. The number of aliphatic hydroxyl groups is 1. The van der Waals surface area contributed by atoms with Crippen molar-refractivity contribution in [1.82, 2.24) is 4.90 Å². The molecule has 3 amide bonds. The van der Waals surface area contributed by atoms with Gasteiger partial charge < -0.3 is 35.4 Å². The molecule has 3 aliphatic rings. The predicted molar refractivity (Wildman–Crippen MR) is 204 cm³/mol. The standard InChI is InChI=1S/C41H46N4O6Si/c1-25-38(52(4,5)33-17-15-32(50-3)16-18-33)36(22-37(47)45-23-28-9-7-6-8-27(28)20-31(45)24-46)51-41(25)34-21-30(14-19-35(34)44(2)40(41)49)43-39(48)26-10-12-29(42)13-11-26/h6-19,21,25,31,36,38,46H,20,22-24,42H2,1-5H3,(H,43,48)/t25-,31-,36+,38-,41+/m0/s1. The lowest BCUT2D eigenvalue weighted by Gasteiger charge is -2.39. The Labute approximate surface area is 305 Å². The monoisotopic (exact) mass is 718 g/mol. The molecular weight excluding hydrogens is 673 g/mol. The van der Waals surface area contributed by atoms with E-state index in [0.717, 1.165) is 22.1 Å². The van der Waals surface area contributed by atoms with E-state index in [-0.39, 0.29) is 48.3 Å². The summed E-state index contributed by atoms with van der Waals surface area (Å²) in [7, 11) is 0.871.